The van der Waals surface area contributed by atoms with Crippen molar-refractivity contribution >= 4 is 56.6 Å². The minimum Gasteiger partial charge on any atom is -0.309 e. The third-order valence-electron chi connectivity index (χ3n) is 4.04. The number of hydrogen-bond acceptors (Lipinski definition) is 5. The predicted molar refractivity (Wildman–Crippen MR) is 115 cm³/mol. The molecule has 3 rings (SSSR count). The number of carbonyl (C=O) groups is 1. The van der Waals surface area contributed by atoms with Gasteiger partial charge < -0.3 is 4.90 Å². The van der Waals surface area contributed by atoms with Crippen molar-refractivity contribution in [3.05, 3.63) is 40.7 Å². The normalized spacial score (nSPS) is 11.0. The minimum absolute atomic E-state index is 0. The molecule has 0 atom stereocenters. The maximum absolute atomic E-state index is 13.2. The molecule has 27 heavy (non-hydrogen) atoms. The zero-order chi connectivity index (χ0) is 18.8. The van der Waals surface area contributed by atoms with Crippen LogP contribution in [0.1, 0.15) is 22.6 Å². The first-order chi connectivity index (χ1) is 12.4. The van der Waals surface area contributed by atoms with Crippen LogP contribution in [0.4, 0.5) is 5.13 Å². The van der Waals surface area contributed by atoms with Crippen LogP contribution < -0.4 is 4.90 Å². The van der Waals surface area contributed by atoms with E-state index in [9.17, 15) is 4.79 Å². The van der Waals surface area contributed by atoms with Crippen LogP contribution in [0.25, 0.3) is 10.2 Å². The van der Waals surface area contributed by atoms with Crippen LogP contribution in [0, 0.1) is 6.92 Å². The van der Waals surface area contributed by atoms with E-state index in [2.05, 4.69) is 15.0 Å². The first-order valence-electron chi connectivity index (χ1n) is 8.39. The Morgan fingerprint density at radius 2 is 2.04 bits per heavy atom. The standard InChI is InChI=1S/C18H22ClN5OS.ClH/c1-12-11-14(23(4)21-12)17(25)24(10-6-9-22(2)3)18-20-16-13(19)7-5-8-15(16)26-18;/h5,7-8,11H,6,9-10H2,1-4H3;1H. The van der Waals surface area contributed by atoms with Gasteiger partial charge >= 0.3 is 0 Å². The zero-order valence-corrected chi connectivity index (χ0v) is 18.2. The van der Waals surface area contributed by atoms with Gasteiger partial charge in [0, 0.05) is 13.6 Å². The van der Waals surface area contributed by atoms with Gasteiger partial charge in [-0.05, 0) is 52.2 Å². The highest BCUT2D eigenvalue weighted by molar-refractivity contribution is 7.22. The number of aryl methyl sites for hydroxylation is 2. The van der Waals surface area contributed by atoms with E-state index in [4.69, 9.17) is 11.6 Å². The molecule has 0 radical (unpaired) electrons. The molecule has 0 aliphatic rings. The van der Waals surface area contributed by atoms with Crippen molar-refractivity contribution in [2.45, 2.75) is 13.3 Å². The van der Waals surface area contributed by atoms with Crippen LogP contribution in [-0.4, -0.2) is 52.8 Å². The highest BCUT2D eigenvalue weighted by atomic mass is 35.5. The van der Waals surface area contributed by atoms with Gasteiger partial charge in [0.05, 0.1) is 15.4 Å². The van der Waals surface area contributed by atoms with Crippen LogP contribution in [0.3, 0.4) is 0 Å². The van der Waals surface area contributed by atoms with Crippen molar-refractivity contribution in [1.29, 1.82) is 0 Å². The summed E-state index contributed by atoms with van der Waals surface area (Å²) in [6, 6.07) is 7.49. The molecule has 2 aromatic heterocycles. The Hall–Kier alpha value is -1.67. The molecule has 0 saturated heterocycles. The van der Waals surface area contributed by atoms with Gasteiger partial charge in [-0.3, -0.25) is 14.4 Å². The number of benzene rings is 1. The van der Waals surface area contributed by atoms with Gasteiger partial charge in [-0.15, -0.1) is 12.4 Å². The van der Waals surface area contributed by atoms with Crippen molar-refractivity contribution in [2.24, 2.45) is 7.05 Å². The Morgan fingerprint density at radius 3 is 2.63 bits per heavy atom. The molecule has 0 aliphatic heterocycles. The van der Waals surface area contributed by atoms with Gasteiger partial charge in [-0.25, -0.2) is 4.98 Å². The number of para-hydroxylation sites is 1. The fourth-order valence-electron chi connectivity index (χ4n) is 2.80. The monoisotopic (exact) mass is 427 g/mol. The number of fused-ring (bicyclic) bond motifs is 1. The zero-order valence-electron chi connectivity index (χ0n) is 15.8. The second kappa shape index (κ2) is 9.01. The largest absolute Gasteiger partial charge is 0.309 e. The van der Waals surface area contributed by atoms with Crippen molar-refractivity contribution in [3.8, 4) is 0 Å². The summed E-state index contributed by atoms with van der Waals surface area (Å²) < 4.78 is 2.59. The van der Waals surface area contributed by atoms with Crippen LogP contribution in [0.15, 0.2) is 24.3 Å². The number of aromatic nitrogens is 3. The molecule has 2 heterocycles. The Balaban J connectivity index is 0.00000261. The summed E-state index contributed by atoms with van der Waals surface area (Å²) >= 11 is 7.75. The van der Waals surface area contributed by atoms with Crippen molar-refractivity contribution in [1.82, 2.24) is 19.7 Å². The van der Waals surface area contributed by atoms with E-state index < -0.39 is 0 Å². The number of carbonyl (C=O) groups excluding carboxylic acids is 1. The molecule has 1 aromatic carbocycles. The fourth-order valence-corrected chi connectivity index (χ4v) is 4.09. The number of amides is 1. The molecule has 0 unspecified atom stereocenters. The Labute approximate surface area is 174 Å². The lowest BCUT2D eigenvalue weighted by atomic mass is 10.3. The Bertz CT molecular complexity index is 937. The Kier molecular flexibility index (Phi) is 7.22. The molecule has 0 aliphatic carbocycles. The van der Waals surface area contributed by atoms with E-state index in [1.165, 1.54) is 11.3 Å². The second-order valence-electron chi connectivity index (χ2n) is 6.49. The molecule has 6 nitrogen and oxygen atoms in total. The first-order valence-corrected chi connectivity index (χ1v) is 9.58. The van der Waals surface area contributed by atoms with Gasteiger partial charge in [0.1, 0.15) is 11.2 Å². The Morgan fingerprint density at radius 1 is 1.30 bits per heavy atom. The van der Waals surface area contributed by atoms with E-state index in [0.29, 0.717) is 22.4 Å². The van der Waals surface area contributed by atoms with E-state index in [1.54, 1.807) is 16.6 Å². The summed E-state index contributed by atoms with van der Waals surface area (Å²) in [5.41, 5.74) is 2.11. The number of hydrogen-bond donors (Lipinski definition) is 0. The van der Waals surface area contributed by atoms with E-state index in [1.807, 2.05) is 45.3 Å². The van der Waals surface area contributed by atoms with Crippen molar-refractivity contribution < 1.29 is 4.79 Å². The van der Waals surface area contributed by atoms with E-state index in [0.717, 1.165) is 28.9 Å². The third kappa shape index (κ3) is 4.79. The van der Waals surface area contributed by atoms with Crippen LogP contribution in [0.2, 0.25) is 5.02 Å². The maximum atomic E-state index is 13.2. The molecular weight excluding hydrogens is 405 g/mol. The predicted octanol–water partition coefficient (Wildman–Crippen LogP) is 4.01. The number of halogens is 2. The number of thiazole rings is 1. The van der Waals surface area contributed by atoms with Gasteiger partial charge in [0.2, 0.25) is 0 Å². The molecular formula is C18H23Cl2N5OS. The quantitative estimate of drug-likeness (QED) is 0.595. The lowest BCUT2D eigenvalue weighted by Crippen LogP contribution is -2.34. The fraction of sp³-hybridized carbons (Fsp3) is 0.389. The molecule has 3 aromatic rings. The van der Waals surface area contributed by atoms with Crippen LogP contribution in [-0.2, 0) is 7.05 Å². The molecule has 0 spiro atoms. The van der Waals surface area contributed by atoms with Crippen LogP contribution >= 0.6 is 35.3 Å². The van der Waals surface area contributed by atoms with E-state index >= 15 is 0 Å². The molecule has 9 heteroatoms. The molecule has 0 fully saturated rings. The summed E-state index contributed by atoms with van der Waals surface area (Å²) in [6.45, 7) is 3.35. The smallest absolute Gasteiger partial charge is 0.278 e. The van der Waals surface area contributed by atoms with Gasteiger partial charge in [-0.2, -0.15) is 5.10 Å². The minimum atomic E-state index is -0.0953. The summed E-state index contributed by atoms with van der Waals surface area (Å²) in [5.74, 6) is -0.0953. The first kappa shape index (κ1) is 21.6. The number of nitrogens with zero attached hydrogens (tertiary/aromatic N) is 5. The van der Waals surface area contributed by atoms with Gasteiger partial charge in [0.25, 0.3) is 5.91 Å². The maximum Gasteiger partial charge on any atom is 0.278 e. The summed E-state index contributed by atoms with van der Waals surface area (Å²) in [4.78, 5) is 21.7. The summed E-state index contributed by atoms with van der Waals surface area (Å²) in [7, 11) is 5.83. The van der Waals surface area contributed by atoms with Crippen molar-refractivity contribution in [3.63, 3.8) is 0 Å². The lowest BCUT2D eigenvalue weighted by Gasteiger charge is -2.20. The number of rotatable bonds is 6. The van der Waals surface area contributed by atoms with Gasteiger partial charge in [0.15, 0.2) is 5.13 Å². The van der Waals surface area contributed by atoms with Crippen LogP contribution in [0.5, 0.6) is 0 Å². The average molecular weight is 428 g/mol. The average Bonchev–Trinajstić information content (AvgIpc) is 3.14. The van der Waals surface area contributed by atoms with E-state index in [-0.39, 0.29) is 18.3 Å². The molecule has 1 amide bonds. The molecule has 0 saturated carbocycles. The highest BCUT2D eigenvalue weighted by Crippen LogP contribution is 2.33. The number of anilines is 1. The van der Waals surface area contributed by atoms with Gasteiger partial charge in [-0.1, -0.05) is 29.0 Å². The topological polar surface area (TPSA) is 54.3 Å². The summed E-state index contributed by atoms with van der Waals surface area (Å²) in [5, 5.41) is 5.56. The highest BCUT2D eigenvalue weighted by Gasteiger charge is 2.24. The molecule has 0 bridgehead atoms. The SMILES string of the molecule is Cc1cc(C(=O)N(CCCN(C)C)c2nc3c(Cl)cccc3s2)n(C)n1.Cl. The molecule has 0 N–H and O–H groups in total. The lowest BCUT2D eigenvalue weighted by molar-refractivity contribution is 0.0977. The van der Waals surface area contributed by atoms with Crippen molar-refractivity contribution in [2.75, 3.05) is 32.1 Å². The summed E-state index contributed by atoms with van der Waals surface area (Å²) in [6.07, 6.45) is 0.846. The molecule has 146 valence electrons. The second-order valence-corrected chi connectivity index (χ2v) is 7.91. The third-order valence-corrected chi connectivity index (χ3v) is 5.39.